The summed E-state index contributed by atoms with van der Waals surface area (Å²) in [5.41, 5.74) is 0.663. The molecule has 0 spiro atoms. The van der Waals surface area contributed by atoms with Gasteiger partial charge in [-0.3, -0.25) is 9.59 Å². The number of piperazine rings is 1. The summed E-state index contributed by atoms with van der Waals surface area (Å²) >= 11 is 1.47. The van der Waals surface area contributed by atoms with Crippen molar-refractivity contribution in [2.75, 3.05) is 45.5 Å². The smallest absolute Gasteiger partial charge is 0.254 e. The molecule has 2 amide bonds. The summed E-state index contributed by atoms with van der Waals surface area (Å²) in [6.07, 6.45) is 1.77. The van der Waals surface area contributed by atoms with Crippen LogP contribution >= 0.6 is 11.3 Å². The summed E-state index contributed by atoms with van der Waals surface area (Å²) < 4.78 is 23.4. The molecule has 0 bridgehead atoms. The number of carbonyl (C=O) groups is 2. The number of amides is 2. The molecule has 0 aliphatic carbocycles. The van der Waals surface area contributed by atoms with E-state index in [1.165, 1.54) is 11.3 Å². The van der Waals surface area contributed by atoms with Gasteiger partial charge in [0, 0.05) is 37.8 Å². The van der Waals surface area contributed by atoms with Gasteiger partial charge in [0.15, 0.2) is 14.6 Å². The second-order valence-electron chi connectivity index (χ2n) is 6.61. The summed E-state index contributed by atoms with van der Waals surface area (Å²) in [5.74, 6) is -0.341. The van der Waals surface area contributed by atoms with Crippen LogP contribution in [0, 0.1) is 0 Å². The van der Waals surface area contributed by atoms with Gasteiger partial charge in [0.05, 0.1) is 5.56 Å². The van der Waals surface area contributed by atoms with E-state index in [-0.39, 0.29) is 11.8 Å². The zero-order valence-electron chi connectivity index (χ0n) is 14.2. The highest BCUT2D eigenvalue weighted by Gasteiger charge is 2.50. The molecule has 138 valence electrons. The Morgan fingerprint density at radius 2 is 1.72 bits per heavy atom. The number of rotatable bonds is 3. The molecule has 9 heteroatoms. The number of hydrogen-bond acceptors (Lipinski definition) is 6. The van der Waals surface area contributed by atoms with Crippen molar-refractivity contribution < 1.29 is 18.0 Å². The Morgan fingerprint density at radius 1 is 1.12 bits per heavy atom. The summed E-state index contributed by atoms with van der Waals surface area (Å²) in [5, 5.41) is 6.79. The molecule has 0 atom stereocenters. The molecule has 7 nitrogen and oxygen atoms in total. The van der Waals surface area contributed by atoms with Crippen LogP contribution in [0.25, 0.3) is 0 Å². The monoisotopic (exact) mass is 385 g/mol. The largest absolute Gasteiger partial charge is 0.338 e. The Bertz CT molecular complexity index is 731. The first-order valence-electron chi connectivity index (χ1n) is 8.36. The van der Waals surface area contributed by atoms with Gasteiger partial charge in [0.1, 0.15) is 0 Å². The Kier molecular flexibility index (Phi) is 5.17. The van der Waals surface area contributed by atoms with E-state index in [0.29, 0.717) is 57.7 Å². The Morgan fingerprint density at radius 3 is 2.24 bits per heavy atom. The van der Waals surface area contributed by atoms with Crippen molar-refractivity contribution in [2.45, 2.75) is 17.6 Å². The van der Waals surface area contributed by atoms with Crippen LogP contribution in [0.4, 0.5) is 0 Å². The maximum atomic E-state index is 13.0. The molecule has 0 radical (unpaired) electrons. The number of sulfone groups is 1. The second kappa shape index (κ2) is 7.05. The number of thiophene rings is 1. The average Bonchev–Trinajstić information content (AvgIpc) is 3.15. The van der Waals surface area contributed by atoms with E-state index < -0.39 is 14.6 Å². The molecular formula is C16H23N3O4S2. The quantitative estimate of drug-likeness (QED) is 0.803. The molecule has 0 aromatic carbocycles. The van der Waals surface area contributed by atoms with E-state index in [0.717, 1.165) is 6.26 Å². The Hall–Kier alpha value is -1.45. The van der Waals surface area contributed by atoms with E-state index in [1.54, 1.807) is 15.9 Å². The molecule has 0 saturated carbocycles. The average molecular weight is 386 g/mol. The Balaban J connectivity index is 1.69. The van der Waals surface area contributed by atoms with Gasteiger partial charge in [-0.05, 0) is 37.4 Å². The zero-order valence-corrected chi connectivity index (χ0v) is 15.9. The summed E-state index contributed by atoms with van der Waals surface area (Å²) in [6.45, 7) is 2.65. The lowest BCUT2D eigenvalue weighted by molar-refractivity contribution is -0.136. The molecule has 2 aliphatic heterocycles. The lowest BCUT2D eigenvalue weighted by atomic mass is 9.94. The summed E-state index contributed by atoms with van der Waals surface area (Å²) in [6, 6.07) is 1.79. The minimum Gasteiger partial charge on any atom is -0.338 e. The third-order valence-corrected chi connectivity index (χ3v) is 7.82. The minimum absolute atomic E-state index is 0.0342. The van der Waals surface area contributed by atoms with Gasteiger partial charge < -0.3 is 15.1 Å². The van der Waals surface area contributed by atoms with Gasteiger partial charge in [0.25, 0.3) is 5.91 Å². The van der Waals surface area contributed by atoms with Crippen molar-refractivity contribution in [2.24, 2.45) is 0 Å². The molecule has 3 rings (SSSR count). The van der Waals surface area contributed by atoms with Gasteiger partial charge in [-0.2, -0.15) is 11.3 Å². The molecule has 2 aliphatic rings. The van der Waals surface area contributed by atoms with Crippen LogP contribution in [0.3, 0.4) is 0 Å². The number of nitrogens with zero attached hydrogens (tertiary/aromatic N) is 2. The van der Waals surface area contributed by atoms with Gasteiger partial charge in [0.2, 0.25) is 5.91 Å². The SMILES string of the molecule is CS(=O)(=O)C1(C(=O)N2CCN(C(=O)c3ccsc3)CC2)CCNCC1. The van der Waals surface area contributed by atoms with Crippen molar-refractivity contribution >= 4 is 33.0 Å². The third-order valence-electron chi connectivity index (χ3n) is 5.13. The van der Waals surface area contributed by atoms with E-state index in [2.05, 4.69) is 5.32 Å². The van der Waals surface area contributed by atoms with Crippen LogP contribution in [-0.4, -0.2) is 80.3 Å². The highest BCUT2D eigenvalue weighted by molar-refractivity contribution is 7.92. The third kappa shape index (κ3) is 3.45. The van der Waals surface area contributed by atoms with Crippen LogP contribution in [0.2, 0.25) is 0 Å². The van der Waals surface area contributed by atoms with Gasteiger partial charge in [-0.25, -0.2) is 8.42 Å². The Labute approximate surface area is 151 Å². The lowest BCUT2D eigenvalue weighted by Gasteiger charge is -2.41. The van der Waals surface area contributed by atoms with Crippen LogP contribution in [0.1, 0.15) is 23.2 Å². The van der Waals surface area contributed by atoms with Gasteiger partial charge >= 0.3 is 0 Å². The van der Waals surface area contributed by atoms with Crippen LogP contribution in [-0.2, 0) is 14.6 Å². The normalized spacial score (nSPS) is 21.2. The topological polar surface area (TPSA) is 86.8 Å². The van der Waals surface area contributed by atoms with E-state index >= 15 is 0 Å². The highest BCUT2D eigenvalue weighted by atomic mass is 32.2. The van der Waals surface area contributed by atoms with Crippen molar-refractivity contribution in [3.63, 3.8) is 0 Å². The molecule has 1 N–H and O–H groups in total. The summed E-state index contributed by atoms with van der Waals surface area (Å²) in [7, 11) is -3.51. The highest BCUT2D eigenvalue weighted by Crippen LogP contribution is 2.30. The summed E-state index contributed by atoms with van der Waals surface area (Å²) in [4.78, 5) is 28.8. The molecule has 1 aromatic heterocycles. The molecule has 2 saturated heterocycles. The maximum absolute atomic E-state index is 13.0. The molecule has 3 heterocycles. The van der Waals surface area contributed by atoms with Gasteiger partial charge in [-0.15, -0.1) is 0 Å². The predicted octanol–water partition coefficient (Wildman–Crippen LogP) is 0.199. The molecule has 0 unspecified atom stereocenters. The zero-order chi connectivity index (χ0) is 18.1. The first kappa shape index (κ1) is 18.3. The predicted molar refractivity (Wildman–Crippen MR) is 96.5 cm³/mol. The van der Waals surface area contributed by atoms with E-state index in [9.17, 15) is 18.0 Å². The van der Waals surface area contributed by atoms with Gasteiger partial charge in [-0.1, -0.05) is 0 Å². The standard InChI is InChI=1S/C16H23N3O4S2/c1-25(22,23)16(3-5-17-6-4-16)15(21)19-9-7-18(8-10-19)14(20)13-2-11-24-12-13/h2,11-12,17H,3-10H2,1H3. The first-order chi connectivity index (χ1) is 11.8. The fourth-order valence-corrected chi connectivity index (χ4v) is 5.57. The molecule has 1 aromatic rings. The fourth-order valence-electron chi connectivity index (χ4n) is 3.54. The molecule has 2 fully saturated rings. The number of nitrogens with one attached hydrogen (secondary N) is 1. The number of hydrogen-bond donors (Lipinski definition) is 1. The molecule has 25 heavy (non-hydrogen) atoms. The van der Waals surface area contributed by atoms with Crippen molar-refractivity contribution in [1.29, 1.82) is 0 Å². The minimum atomic E-state index is -3.51. The van der Waals surface area contributed by atoms with Crippen molar-refractivity contribution in [1.82, 2.24) is 15.1 Å². The molecular weight excluding hydrogens is 362 g/mol. The lowest BCUT2D eigenvalue weighted by Crippen LogP contribution is -2.61. The van der Waals surface area contributed by atoms with E-state index in [1.807, 2.05) is 10.8 Å². The van der Waals surface area contributed by atoms with Crippen LogP contribution in [0.5, 0.6) is 0 Å². The van der Waals surface area contributed by atoms with Crippen molar-refractivity contribution in [3.8, 4) is 0 Å². The maximum Gasteiger partial charge on any atom is 0.254 e. The second-order valence-corrected chi connectivity index (χ2v) is 9.72. The van der Waals surface area contributed by atoms with Crippen LogP contribution < -0.4 is 5.32 Å². The first-order valence-corrected chi connectivity index (χ1v) is 11.2. The van der Waals surface area contributed by atoms with Crippen LogP contribution in [0.15, 0.2) is 16.8 Å². The van der Waals surface area contributed by atoms with E-state index in [4.69, 9.17) is 0 Å². The fraction of sp³-hybridized carbons (Fsp3) is 0.625. The van der Waals surface area contributed by atoms with Crippen molar-refractivity contribution in [3.05, 3.63) is 22.4 Å². The number of carbonyl (C=O) groups excluding carboxylic acids is 2. The number of piperidine rings is 1.